The first-order valence-corrected chi connectivity index (χ1v) is 11.0. The third-order valence-corrected chi connectivity index (χ3v) is 6.34. The van der Waals surface area contributed by atoms with Gasteiger partial charge in [0, 0.05) is 60.0 Å². The van der Waals surface area contributed by atoms with E-state index in [0.717, 1.165) is 48.0 Å². The summed E-state index contributed by atoms with van der Waals surface area (Å²) in [4.78, 5) is 29.6. The summed E-state index contributed by atoms with van der Waals surface area (Å²) in [5.74, 6) is 1.05. The Kier molecular flexibility index (Phi) is 5.20. The molecule has 4 heterocycles. The number of amides is 1. The van der Waals surface area contributed by atoms with E-state index in [-0.39, 0.29) is 17.7 Å². The molecule has 0 atom stereocenters. The number of nitrogen functional groups attached to an aromatic ring is 1. The Morgan fingerprint density at radius 3 is 2.61 bits per heavy atom. The first-order valence-electron chi connectivity index (χ1n) is 11.0. The number of carbonyl (C=O) groups excluding carboxylic acids is 2. The number of anilines is 1. The molecule has 5 rings (SSSR count). The Hall–Kier alpha value is -3.94. The van der Waals surface area contributed by atoms with Gasteiger partial charge in [0.2, 0.25) is 5.91 Å². The van der Waals surface area contributed by atoms with Gasteiger partial charge in [0.25, 0.3) is 0 Å². The minimum atomic E-state index is -0.00335. The summed E-state index contributed by atoms with van der Waals surface area (Å²) in [7, 11) is 0. The van der Waals surface area contributed by atoms with Crippen LogP contribution < -0.4 is 5.73 Å². The van der Waals surface area contributed by atoms with Gasteiger partial charge in [-0.15, -0.1) is 0 Å². The van der Waals surface area contributed by atoms with Crippen molar-refractivity contribution in [3.8, 4) is 22.5 Å². The van der Waals surface area contributed by atoms with Gasteiger partial charge in [0.15, 0.2) is 17.2 Å². The molecule has 1 aliphatic heterocycles. The Morgan fingerprint density at radius 2 is 1.88 bits per heavy atom. The van der Waals surface area contributed by atoms with E-state index in [4.69, 9.17) is 10.2 Å². The van der Waals surface area contributed by atoms with E-state index in [2.05, 4.69) is 10.1 Å². The predicted octanol–water partition coefficient (Wildman–Crippen LogP) is 4.33. The second-order valence-corrected chi connectivity index (χ2v) is 8.49. The summed E-state index contributed by atoms with van der Waals surface area (Å²) in [5, 5.41) is 5.44. The minimum Gasteiger partial charge on any atom is -0.452 e. The number of piperidine rings is 1. The number of nitrogens with two attached hydrogens (primary N) is 1. The van der Waals surface area contributed by atoms with Gasteiger partial charge < -0.3 is 15.1 Å². The third-order valence-electron chi connectivity index (χ3n) is 6.34. The van der Waals surface area contributed by atoms with Crippen molar-refractivity contribution in [2.24, 2.45) is 0 Å². The maximum absolute atomic E-state index is 11.8. The van der Waals surface area contributed by atoms with Crippen LogP contribution in [0.15, 0.2) is 53.3 Å². The quantitative estimate of drug-likeness (QED) is 0.471. The number of ketones is 1. The van der Waals surface area contributed by atoms with Crippen molar-refractivity contribution in [3.63, 3.8) is 0 Å². The SMILES string of the molecule is CC(=O)c1cccc(-c2cc3c(-c4cnn(C5CCN(C(C)=O)CC5)c4)cnc(N)c3o2)c1. The molecule has 1 aliphatic rings. The lowest BCUT2D eigenvalue weighted by Crippen LogP contribution is -2.37. The van der Waals surface area contributed by atoms with Crippen molar-refractivity contribution < 1.29 is 14.0 Å². The van der Waals surface area contributed by atoms with Gasteiger partial charge in [0.05, 0.1) is 12.2 Å². The van der Waals surface area contributed by atoms with Gasteiger partial charge in [0.1, 0.15) is 5.76 Å². The summed E-state index contributed by atoms with van der Waals surface area (Å²) in [6, 6.07) is 9.52. The van der Waals surface area contributed by atoms with E-state index in [1.807, 2.05) is 46.2 Å². The first kappa shape index (κ1) is 20.9. The van der Waals surface area contributed by atoms with E-state index in [1.54, 1.807) is 26.1 Å². The number of Topliss-reactive ketones (excluding diaryl/α,β-unsaturated/α-hetero) is 1. The Balaban J connectivity index is 1.49. The molecular weight excluding hydrogens is 418 g/mol. The number of aromatic nitrogens is 3. The zero-order valence-electron chi connectivity index (χ0n) is 18.6. The second kappa shape index (κ2) is 8.20. The fourth-order valence-electron chi connectivity index (χ4n) is 4.43. The number of likely N-dealkylation sites (tertiary alicyclic amines) is 1. The molecule has 0 radical (unpaired) electrons. The molecule has 1 aromatic carbocycles. The van der Waals surface area contributed by atoms with Crippen molar-refractivity contribution in [1.82, 2.24) is 19.7 Å². The van der Waals surface area contributed by atoms with Gasteiger partial charge in [-0.25, -0.2) is 4.98 Å². The van der Waals surface area contributed by atoms with Gasteiger partial charge in [-0.05, 0) is 31.9 Å². The van der Waals surface area contributed by atoms with Gasteiger partial charge in [-0.3, -0.25) is 14.3 Å². The number of hydrogen-bond acceptors (Lipinski definition) is 6. The van der Waals surface area contributed by atoms with Crippen LogP contribution in [0.1, 0.15) is 43.1 Å². The fraction of sp³-hybridized carbons (Fsp3) is 0.280. The number of hydrogen-bond donors (Lipinski definition) is 1. The monoisotopic (exact) mass is 443 g/mol. The van der Waals surface area contributed by atoms with Crippen LogP contribution in [0.25, 0.3) is 33.4 Å². The van der Waals surface area contributed by atoms with E-state index in [9.17, 15) is 9.59 Å². The fourth-order valence-corrected chi connectivity index (χ4v) is 4.43. The number of nitrogens with zero attached hydrogens (tertiary/aromatic N) is 4. The molecule has 3 aromatic heterocycles. The Labute approximate surface area is 191 Å². The standard InChI is InChI=1S/C25H25N5O3/c1-15(31)17-4-3-5-18(10-17)23-11-21-22(13-27-25(26)24(21)33-23)19-12-28-30(14-19)20-6-8-29(9-7-20)16(2)32/h3-5,10-14,20H,6-9H2,1-2H3,(H2,26,27). The lowest BCUT2D eigenvalue weighted by atomic mass is 10.0. The van der Waals surface area contributed by atoms with Crippen LogP contribution >= 0.6 is 0 Å². The van der Waals surface area contributed by atoms with Crippen molar-refractivity contribution in [2.75, 3.05) is 18.8 Å². The highest BCUT2D eigenvalue weighted by atomic mass is 16.3. The molecule has 0 spiro atoms. The molecule has 8 heteroatoms. The number of benzene rings is 1. The smallest absolute Gasteiger partial charge is 0.219 e. The molecule has 0 unspecified atom stereocenters. The third kappa shape index (κ3) is 3.88. The molecule has 33 heavy (non-hydrogen) atoms. The average Bonchev–Trinajstić information content (AvgIpc) is 3.48. The number of furan rings is 1. The molecule has 0 bridgehead atoms. The summed E-state index contributed by atoms with van der Waals surface area (Å²) in [6.07, 6.45) is 7.33. The number of pyridine rings is 1. The number of rotatable bonds is 4. The maximum Gasteiger partial charge on any atom is 0.219 e. The highest BCUT2D eigenvalue weighted by Gasteiger charge is 2.23. The molecule has 2 N–H and O–H groups in total. The largest absolute Gasteiger partial charge is 0.452 e. The summed E-state index contributed by atoms with van der Waals surface area (Å²) >= 11 is 0. The normalized spacial score (nSPS) is 14.7. The molecule has 8 nitrogen and oxygen atoms in total. The van der Waals surface area contributed by atoms with Crippen LogP contribution in [-0.2, 0) is 4.79 Å². The first-order chi connectivity index (χ1) is 15.9. The highest BCUT2D eigenvalue weighted by molar-refractivity contribution is 6.00. The van der Waals surface area contributed by atoms with E-state index >= 15 is 0 Å². The lowest BCUT2D eigenvalue weighted by molar-refractivity contribution is -0.130. The van der Waals surface area contributed by atoms with Crippen LogP contribution in [0, 0.1) is 0 Å². The van der Waals surface area contributed by atoms with Crippen LogP contribution in [0.5, 0.6) is 0 Å². The lowest BCUT2D eigenvalue weighted by Gasteiger charge is -2.31. The van der Waals surface area contributed by atoms with E-state index in [1.165, 1.54) is 0 Å². The van der Waals surface area contributed by atoms with Crippen molar-refractivity contribution >= 4 is 28.5 Å². The molecule has 0 saturated carbocycles. The molecule has 4 aromatic rings. The molecule has 168 valence electrons. The number of carbonyl (C=O) groups is 2. The molecular formula is C25H25N5O3. The highest BCUT2D eigenvalue weighted by Crippen LogP contribution is 2.37. The molecule has 1 saturated heterocycles. The van der Waals surface area contributed by atoms with Crippen molar-refractivity contribution in [1.29, 1.82) is 0 Å². The Morgan fingerprint density at radius 1 is 1.09 bits per heavy atom. The van der Waals surface area contributed by atoms with Crippen LogP contribution in [0.2, 0.25) is 0 Å². The molecule has 0 aliphatic carbocycles. The topological polar surface area (TPSA) is 107 Å². The van der Waals surface area contributed by atoms with Crippen LogP contribution in [-0.4, -0.2) is 44.4 Å². The van der Waals surface area contributed by atoms with Gasteiger partial charge in [-0.1, -0.05) is 18.2 Å². The summed E-state index contributed by atoms with van der Waals surface area (Å²) in [6.45, 7) is 4.64. The molecule has 1 amide bonds. The zero-order valence-corrected chi connectivity index (χ0v) is 18.6. The van der Waals surface area contributed by atoms with Crippen molar-refractivity contribution in [2.45, 2.75) is 32.7 Å². The summed E-state index contributed by atoms with van der Waals surface area (Å²) in [5.41, 5.74) is 9.86. The van der Waals surface area contributed by atoms with Gasteiger partial charge in [-0.2, -0.15) is 5.10 Å². The zero-order chi connectivity index (χ0) is 23.1. The van der Waals surface area contributed by atoms with E-state index in [0.29, 0.717) is 22.7 Å². The minimum absolute atomic E-state index is 0.00335. The van der Waals surface area contributed by atoms with E-state index < -0.39 is 0 Å². The van der Waals surface area contributed by atoms with Crippen LogP contribution in [0.4, 0.5) is 5.82 Å². The van der Waals surface area contributed by atoms with Gasteiger partial charge >= 0.3 is 0 Å². The predicted molar refractivity (Wildman–Crippen MR) is 126 cm³/mol. The maximum atomic E-state index is 11.8. The summed E-state index contributed by atoms with van der Waals surface area (Å²) < 4.78 is 8.05. The second-order valence-electron chi connectivity index (χ2n) is 8.49. The average molecular weight is 444 g/mol. The van der Waals surface area contributed by atoms with Crippen LogP contribution in [0.3, 0.4) is 0 Å². The molecule has 1 fully saturated rings. The Bertz CT molecular complexity index is 1360. The van der Waals surface area contributed by atoms with Crippen molar-refractivity contribution in [3.05, 3.63) is 54.5 Å². The number of fused-ring (bicyclic) bond motifs is 1.